The molecule has 0 radical (unpaired) electrons. The number of aromatic amines is 2. The topological polar surface area (TPSA) is 61.8 Å². The maximum absolute atomic E-state index is 5.36. The lowest BCUT2D eigenvalue weighted by Gasteiger charge is -2.19. The third-order valence-corrected chi connectivity index (χ3v) is 4.84. The second-order valence-electron chi connectivity index (χ2n) is 6.07. The van der Waals surface area contributed by atoms with Crippen LogP contribution >= 0.6 is 12.2 Å². The SMILES string of the molecule is S=c1[nH]nc(C2CCCCC2)n1/N=C/c1c[nH]c2ccccc12. The molecule has 5 nitrogen and oxygen atoms in total. The molecule has 0 bridgehead atoms. The Labute approximate surface area is 139 Å². The highest BCUT2D eigenvalue weighted by Gasteiger charge is 2.21. The molecule has 0 amide bonds. The summed E-state index contributed by atoms with van der Waals surface area (Å²) in [6, 6.07) is 8.20. The van der Waals surface area contributed by atoms with E-state index >= 15 is 0 Å². The molecule has 0 spiro atoms. The summed E-state index contributed by atoms with van der Waals surface area (Å²) in [6.07, 6.45) is 10.0. The van der Waals surface area contributed by atoms with Gasteiger partial charge in [0.25, 0.3) is 0 Å². The first-order valence-corrected chi connectivity index (χ1v) is 8.51. The van der Waals surface area contributed by atoms with Crippen LogP contribution in [0.4, 0.5) is 0 Å². The number of rotatable bonds is 3. The van der Waals surface area contributed by atoms with Gasteiger partial charge in [-0.25, -0.2) is 0 Å². The molecule has 3 aromatic rings. The van der Waals surface area contributed by atoms with Gasteiger partial charge in [-0.2, -0.15) is 14.9 Å². The van der Waals surface area contributed by atoms with Gasteiger partial charge in [-0.1, -0.05) is 37.5 Å². The number of aromatic nitrogens is 4. The third-order valence-electron chi connectivity index (χ3n) is 4.58. The maximum Gasteiger partial charge on any atom is 0.216 e. The van der Waals surface area contributed by atoms with E-state index in [2.05, 4.69) is 32.4 Å². The zero-order valence-electron chi connectivity index (χ0n) is 12.8. The van der Waals surface area contributed by atoms with Crippen molar-refractivity contribution in [3.63, 3.8) is 0 Å². The maximum atomic E-state index is 5.36. The van der Waals surface area contributed by atoms with Crippen LogP contribution in [0.5, 0.6) is 0 Å². The van der Waals surface area contributed by atoms with E-state index in [1.807, 2.05) is 24.5 Å². The quantitative estimate of drug-likeness (QED) is 0.555. The number of hydrogen-bond acceptors (Lipinski definition) is 3. The first-order valence-electron chi connectivity index (χ1n) is 8.11. The van der Waals surface area contributed by atoms with Gasteiger partial charge in [0.05, 0.1) is 6.21 Å². The van der Waals surface area contributed by atoms with E-state index in [1.54, 1.807) is 4.68 Å². The minimum absolute atomic E-state index is 0.455. The lowest BCUT2D eigenvalue weighted by Crippen LogP contribution is -2.10. The fourth-order valence-electron chi connectivity index (χ4n) is 3.36. The van der Waals surface area contributed by atoms with Gasteiger partial charge in [0.1, 0.15) is 0 Å². The van der Waals surface area contributed by atoms with Crippen molar-refractivity contribution in [2.45, 2.75) is 38.0 Å². The molecule has 2 aromatic heterocycles. The average Bonchev–Trinajstić information content (AvgIpc) is 3.17. The minimum atomic E-state index is 0.455. The number of benzene rings is 1. The zero-order chi connectivity index (χ0) is 15.6. The van der Waals surface area contributed by atoms with Crippen molar-refractivity contribution >= 4 is 29.3 Å². The Balaban J connectivity index is 1.68. The fraction of sp³-hybridized carbons (Fsp3) is 0.353. The van der Waals surface area contributed by atoms with Crippen molar-refractivity contribution in [1.29, 1.82) is 0 Å². The molecule has 1 aliphatic rings. The fourth-order valence-corrected chi connectivity index (χ4v) is 3.55. The van der Waals surface area contributed by atoms with Gasteiger partial charge < -0.3 is 4.98 Å². The molecule has 0 saturated heterocycles. The summed E-state index contributed by atoms with van der Waals surface area (Å²) in [4.78, 5) is 3.26. The normalized spacial score (nSPS) is 16.5. The van der Waals surface area contributed by atoms with Gasteiger partial charge in [-0.15, -0.1) is 0 Å². The number of H-pyrrole nitrogens is 2. The molecule has 0 atom stereocenters. The van der Waals surface area contributed by atoms with Crippen LogP contribution in [-0.4, -0.2) is 26.1 Å². The monoisotopic (exact) mass is 325 g/mol. The summed E-state index contributed by atoms with van der Waals surface area (Å²) in [6.45, 7) is 0. The van der Waals surface area contributed by atoms with Crippen molar-refractivity contribution in [2.75, 3.05) is 0 Å². The van der Waals surface area contributed by atoms with E-state index in [1.165, 1.54) is 32.1 Å². The Bertz CT molecular complexity index is 895. The molecule has 1 fully saturated rings. The highest BCUT2D eigenvalue weighted by atomic mass is 32.1. The molecular formula is C17H19N5S. The Morgan fingerprint density at radius 3 is 2.91 bits per heavy atom. The Morgan fingerprint density at radius 2 is 2.04 bits per heavy atom. The predicted octanol–water partition coefficient (Wildman–Crippen LogP) is 4.35. The highest BCUT2D eigenvalue weighted by Crippen LogP contribution is 2.31. The predicted molar refractivity (Wildman–Crippen MR) is 94.5 cm³/mol. The van der Waals surface area contributed by atoms with Crippen LogP contribution in [0.2, 0.25) is 0 Å². The standard InChI is InChI=1S/C17H19N5S/c23-17-21-20-16(12-6-2-1-3-7-12)22(17)19-11-13-10-18-15-9-5-4-8-14(13)15/h4-5,8-12,18H,1-3,6-7H2,(H,21,23)/b19-11+. The van der Waals surface area contributed by atoms with Gasteiger partial charge >= 0.3 is 0 Å². The van der Waals surface area contributed by atoms with Crippen LogP contribution in [0.3, 0.4) is 0 Å². The Kier molecular flexibility index (Phi) is 3.83. The average molecular weight is 325 g/mol. The molecule has 4 rings (SSSR count). The second kappa shape index (κ2) is 6.12. The molecule has 0 unspecified atom stereocenters. The smallest absolute Gasteiger partial charge is 0.216 e. The lowest BCUT2D eigenvalue weighted by molar-refractivity contribution is 0.419. The van der Waals surface area contributed by atoms with Crippen LogP contribution in [0, 0.1) is 4.77 Å². The molecule has 0 aliphatic heterocycles. The van der Waals surface area contributed by atoms with Crippen LogP contribution in [0.1, 0.15) is 49.4 Å². The lowest BCUT2D eigenvalue weighted by atomic mass is 9.89. The van der Waals surface area contributed by atoms with Crippen molar-refractivity contribution in [1.82, 2.24) is 19.9 Å². The molecular weight excluding hydrogens is 306 g/mol. The minimum Gasteiger partial charge on any atom is -0.361 e. The third kappa shape index (κ3) is 2.74. The molecule has 2 heterocycles. The number of nitrogens with zero attached hydrogens (tertiary/aromatic N) is 3. The molecule has 1 saturated carbocycles. The molecule has 1 aliphatic carbocycles. The molecule has 6 heteroatoms. The van der Waals surface area contributed by atoms with Gasteiger partial charge in [-0.05, 0) is 31.1 Å². The summed E-state index contributed by atoms with van der Waals surface area (Å²) in [5.74, 6) is 1.42. The first kappa shape index (κ1) is 14.4. The zero-order valence-corrected chi connectivity index (χ0v) is 13.6. The van der Waals surface area contributed by atoms with E-state index in [0.717, 1.165) is 22.3 Å². The molecule has 23 heavy (non-hydrogen) atoms. The van der Waals surface area contributed by atoms with Crippen molar-refractivity contribution in [3.05, 3.63) is 46.6 Å². The van der Waals surface area contributed by atoms with Gasteiger partial charge in [0.2, 0.25) is 4.77 Å². The molecule has 118 valence electrons. The van der Waals surface area contributed by atoms with E-state index in [4.69, 9.17) is 12.2 Å². The van der Waals surface area contributed by atoms with Crippen LogP contribution in [-0.2, 0) is 0 Å². The van der Waals surface area contributed by atoms with Crippen molar-refractivity contribution in [3.8, 4) is 0 Å². The number of nitrogens with one attached hydrogen (secondary N) is 2. The largest absolute Gasteiger partial charge is 0.361 e. The van der Waals surface area contributed by atoms with Gasteiger partial charge in [0.15, 0.2) is 5.82 Å². The Morgan fingerprint density at radius 1 is 1.22 bits per heavy atom. The van der Waals surface area contributed by atoms with Crippen LogP contribution < -0.4 is 0 Å². The summed E-state index contributed by atoms with van der Waals surface area (Å²) >= 11 is 5.36. The molecule has 2 N–H and O–H groups in total. The summed E-state index contributed by atoms with van der Waals surface area (Å²) < 4.78 is 2.34. The summed E-state index contributed by atoms with van der Waals surface area (Å²) in [5, 5.41) is 13.1. The van der Waals surface area contributed by atoms with E-state index in [-0.39, 0.29) is 0 Å². The van der Waals surface area contributed by atoms with Crippen LogP contribution in [0.25, 0.3) is 10.9 Å². The van der Waals surface area contributed by atoms with Crippen molar-refractivity contribution < 1.29 is 0 Å². The summed E-state index contributed by atoms with van der Waals surface area (Å²) in [5.41, 5.74) is 2.16. The van der Waals surface area contributed by atoms with E-state index in [9.17, 15) is 0 Å². The second-order valence-corrected chi connectivity index (χ2v) is 6.45. The van der Waals surface area contributed by atoms with Gasteiger partial charge in [0, 0.05) is 28.6 Å². The highest BCUT2D eigenvalue weighted by molar-refractivity contribution is 7.71. The molecule has 1 aromatic carbocycles. The van der Waals surface area contributed by atoms with Crippen molar-refractivity contribution in [2.24, 2.45) is 5.10 Å². The van der Waals surface area contributed by atoms with Gasteiger partial charge in [-0.3, -0.25) is 5.10 Å². The van der Waals surface area contributed by atoms with E-state index in [0.29, 0.717) is 10.7 Å². The number of fused-ring (bicyclic) bond motifs is 1. The first-order chi connectivity index (χ1) is 11.3. The van der Waals surface area contributed by atoms with E-state index < -0.39 is 0 Å². The number of para-hydroxylation sites is 1. The van der Waals surface area contributed by atoms with Crippen LogP contribution in [0.15, 0.2) is 35.6 Å². The Hall–Kier alpha value is -2.21. The number of hydrogen-bond donors (Lipinski definition) is 2. The summed E-state index contributed by atoms with van der Waals surface area (Å²) in [7, 11) is 0.